The molecule has 1 amide bonds. The standard InChI is InChI=1S/C13H19NO4/c1-13(2,8-17-3)14-12(16)9-5-6-11(18-4)10(15)7-9/h5-7,15H,8H2,1-4H3,(H,14,16). The van der Waals surface area contributed by atoms with Crippen molar-refractivity contribution in [3.8, 4) is 11.5 Å². The average Bonchev–Trinajstić information content (AvgIpc) is 2.28. The van der Waals surface area contributed by atoms with Crippen LogP contribution in [0.5, 0.6) is 11.5 Å². The van der Waals surface area contributed by atoms with Gasteiger partial charge in [-0.25, -0.2) is 0 Å². The van der Waals surface area contributed by atoms with E-state index in [-0.39, 0.29) is 11.7 Å². The third-order valence-electron chi connectivity index (χ3n) is 2.40. The van der Waals surface area contributed by atoms with Crippen LogP contribution in [-0.4, -0.2) is 37.4 Å². The molecule has 1 rings (SSSR count). The molecule has 0 saturated carbocycles. The van der Waals surface area contributed by atoms with E-state index in [1.807, 2.05) is 13.8 Å². The molecule has 0 atom stereocenters. The summed E-state index contributed by atoms with van der Waals surface area (Å²) < 4.78 is 9.94. The van der Waals surface area contributed by atoms with E-state index < -0.39 is 5.54 Å². The fourth-order valence-electron chi connectivity index (χ4n) is 1.61. The van der Waals surface area contributed by atoms with Crippen molar-refractivity contribution < 1.29 is 19.4 Å². The van der Waals surface area contributed by atoms with Crippen LogP contribution in [0.25, 0.3) is 0 Å². The summed E-state index contributed by atoms with van der Waals surface area (Å²) in [6, 6.07) is 4.52. The number of amides is 1. The number of carbonyl (C=O) groups is 1. The average molecular weight is 253 g/mol. The van der Waals surface area contributed by atoms with Crippen LogP contribution in [0.1, 0.15) is 24.2 Å². The molecule has 0 bridgehead atoms. The second-order valence-corrected chi connectivity index (χ2v) is 4.66. The fourth-order valence-corrected chi connectivity index (χ4v) is 1.61. The van der Waals surface area contributed by atoms with Gasteiger partial charge in [0.2, 0.25) is 0 Å². The number of methoxy groups -OCH3 is 2. The lowest BCUT2D eigenvalue weighted by molar-refractivity contribution is 0.0819. The number of phenols is 1. The number of carbonyl (C=O) groups excluding carboxylic acids is 1. The quantitative estimate of drug-likeness (QED) is 0.835. The second-order valence-electron chi connectivity index (χ2n) is 4.66. The first-order valence-corrected chi connectivity index (χ1v) is 5.58. The van der Waals surface area contributed by atoms with Gasteiger partial charge in [0.1, 0.15) is 0 Å². The second kappa shape index (κ2) is 5.73. The first kappa shape index (κ1) is 14.3. The van der Waals surface area contributed by atoms with Crippen LogP contribution < -0.4 is 10.1 Å². The van der Waals surface area contributed by atoms with Crippen LogP contribution in [0.2, 0.25) is 0 Å². The van der Waals surface area contributed by atoms with Gasteiger partial charge in [-0.05, 0) is 32.0 Å². The number of nitrogens with one attached hydrogen (secondary N) is 1. The van der Waals surface area contributed by atoms with E-state index in [1.165, 1.54) is 13.2 Å². The van der Waals surface area contributed by atoms with Gasteiger partial charge in [-0.15, -0.1) is 0 Å². The van der Waals surface area contributed by atoms with Crippen molar-refractivity contribution in [1.82, 2.24) is 5.32 Å². The molecule has 0 aliphatic heterocycles. The number of aromatic hydroxyl groups is 1. The Kier molecular flexibility index (Phi) is 4.55. The molecule has 5 nitrogen and oxygen atoms in total. The molecular weight excluding hydrogens is 234 g/mol. The highest BCUT2D eigenvalue weighted by Crippen LogP contribution is 2.26. The molecule has 0 heterocycles. The fraction of sp³-hybridized carbons (Fsp3) is 0.462. The first-order chi connectivity index (χ1) is 8.39. The summed E-state index contributed by atoms with van der Waals surface area (Å²) in [6.07, 6.45) is 0. The van der Waals surface area contributed by atoms with Gasteiger partial charge < -0.3 is 19.9 Å². The highest BCUT2D eigenvalue weighted by Gasteiger charge is 2.21. The Morgan fingerprint density at radius 3 is 2.56 bits per heavy atom. The van der Waals surface area contributed by atoms with Crippen molar-refractivity contribution in [3.05, 3.63) is 23.8 Å². The van der Waals surface area contributed by atoms with Crippen molar-refractivity contribution in [2.75, 3.05) is 20.8 Å². The molecular formula is C13H19NO4. The van der Waals surface area contributed by atoms with E-state index in [0.717, 1.165) is 0 Å². The predicted molar refractivity (Wildman–Crippen MR) is 68.1 cm³/mol. The van der Waals surface area contributed by atoms with E-state index in [1.54, 1.807) is 19.2 Å². The molecule has 0 saturated heterocycles. The summed E-state index contributed by atoms with van der Waals surface area (Å²) >= 11 is 0. The molecule has 0 fully saturated rings. The van der Waals surface area contributed by atoms with Crippen LogP contribution in [0.4, 0.5) is 0 Å². The van der Waals surface area contributed by atoms with Crippen LogP contribution in [-0.2, 0) is 4.74 Å². The SMILES string of the molecule is COCC(C)(C)NC(=O)c1ccc(OC)c(O)c1. The number of benzene rings is 1. The Labute approximate surface area is 107 Å². The van der Waals surface area contributed by atoms with E-state index in [2.05, 4.69) is 5.32 Å². The molecule has 2 N–H and O–H groups in total. The molecule has 0 aromatic heterocycles. The van der Waals surface area contributed by atoms with Crippen molar-refractivity contribution in [1.29, 1.82) is 0 Å². The number of rotatable bonds is 5. The van der Waals surface area contributed by atoms with E-state index in [9.17, 15) is 9.90 Å². The number of hydrogen-bond acceptors (Lipinski definition) is 4. The lowest BCUT2D eigenvalue weighted by Crippen LogP contribution is -2.46. The molecule has 0 aliphatic rings. The monoisotopic (exact) mass is 253 g/mol. The summed E-state index contributed by atoms with van der Waals surface area (Å²) in [5.41, 5.74) is -0.0982. The van der Waals surface area contributed by atoms with Gasteiger partial charge in [0.25, 0.3) is 5.91 Å². The molecule has 0 radical (unpaired) electrons. The third kappa shape index (κ3) is 3.63. The largest absolute Gasteiger partial charge is 0.504 e. The Morgan fingerprint density at radius 2 is 2.06 bits per heavy atom. The normalized spacial score (nSPS) is 11.1. The zero-order valence-electron chi connectivity index (χ0n) is 11.1. The number of phenolic OH excluding ortho intramolecular Hbond substituents is 1. The van der Waals surface area contributed by atoms with Crippen molar-refractivity contribution >= 4 is 5.91 Å². The lowest BCUT2D eigenvalue weighted by Gasteiger charge is -2.25. The van der Waals surface area contributed by atoms with Gasteiger partial charge in [-0.1, -0.05) is 0 Å². The van der Waals surface area contributed by atoms with Gasteiger partial charge in [0.05, 0.1) is 19.3 Å². The minimum Gasteiger partial charge on any atom is -0.504 e. The minimum atomic E-state index is -0.471. The van der Waals surface area contributed by atoms with Crippen molar-refractivity contribution in [3.63, 3.8) is 0 Å². The molecule has 1 aromatic carbocycles. The molecule has 18 heavy (non-hydrogen) atoms. The van der Waals surface area contributed by atoms with Crippen LogP contribution in [0.3, 0.4) is 0 Å². The Balaban J connectivity index is 2.82. The molecule has 5 heteroatoms. The highest BCUT2D eigenvalue weighted by atomic mass is 16.5. The third-order valence-corrected chi connectivity index (χ3v) is 2.40. The maximum absolute atomic E-state index is 12.0. The first-order valence-electron chi connectivity index (χ1n) is 5.58. The number of hydrogen-bond donors (Lipinski definition) is 2. The van der Waals surface area contributed by atoms with E-state index >= 15 is 0 Å². The number of ether oxygens (including phenoxy) is 2. The minimum absolute atomic E-state index is 0.0605. The van der Waals surface area contributed by atoms with Gasteiger partial charge in [0.15, 0.2) is 11.5 Å². The highest BCUT2D eigenvalue weighted by molar-refractivity contribution is 5.95. The summed E-state index contributed by atoms with van der Waals surface area (Å²) in [4.78, 5) is 12.0. The maximum atomic E-state index is 12.0. The Morgan fingerprint density at radius 1 is 1.39 bits per heavy atom. The predicted octanol–water partition coefficient (Wildman–Crippen LogP) is 1.56. The zero-order chi connectivity index (χ0) is 13.8. The maximum Gasteiger partial charge on any atom is 0.251 e. The van der Waals surface area contributed by atoms with Crippen LogP contribution >= 0.6 is 0 Å². The van der Waals surface area contributed by atoms with Gasteiger partial charge in [-0.2, -0.15) is 0 Å². The van der Waals surface area contributed by atoms with Crippen molar-refractivity contribution in [2.45, 2.75) is 19.4 Å². The Bertz CT molecular complexity index is 429. The smallest absolute Gasteiger partial charge is 0.251 e. The van der Waals surface area contributed by atoms with Crippen LogP contribution in [0, 0.1) is 0 Å². The lowest BCUT2D eigenvalue weighted by atomic mass is 10.1. The Hall–Kier alpha value is -1.75. The molecule has 0 aliphatic carbocycles. The van der Waals surface area contributed by atoms with Gasteiger partial charge in [-0.3, -0.25) is 4.79 Å². The zero-order valence-corrected chi connectivity index (χ0v) is 11.1. The molecule has 100 valence electrons. The summed E-state index contributed by atoms with van der Waals surface area (Å²) in [5, 5.41) is 12.4. The molecule has 0 unspecified atom stereocenters. The molecule has 0 spiro atoms. The van der Waals surface area contributed by atoms with Crippen molar-refractivity contribution in [2.24, 2.45) is 0 Å². The van der Waals surface area contributed by atoms with E-state index in [4.69, 9.17) is 9.47 Å². The summed E-state index contributed by atoms with van der Waals surface area (Å²) in [5.74, 6) is 0.00685. The van der Waals surface area contributed by atoms with Crippen LogP contribution in [0.15, 0.2) is 18.2 Å². The van der Waals surface area contributed by atoms with Gasteiger partial charge >= 0.3 is 0 Å². The topological polar surface area (TPSA) is 67.8 Å². The summed E-state index contributed by atoms with van der Waals surface area (Å²) in [6.45, 7) is 4.12. The van der Waals surface area contributed by atoms with E-state index in [0.29, 0.717) is 17.9 Å². The van der Waals surface area contributed by atoms with Gasteiger partial charge in [0, 0.05) is 12.7 Å². The molecule has 1 aromatic rings. The summed E-state index contributed by atoms with van der Waals surface area (Å²) in [7, 11) is 3.03.